The molecule has 3 aromatic carbocycles. The van der Waals surface area contributed by atoms with E-state index in [1.54, 1.807) is 0 Å². The topological polar surface area (TPSA) is 83.5 Å². The molecule has 1 fully saturated rings. The zero-order chi connectivity index (χ0) is 24.4. The Hall–Kier alpha value is -2.61. The number of benzene rings is 3. The van der Waals surface area contributed by atoms with Crippen LogP contribution in [-0.4, -0.2) is 24.4 Å². The highest BCUT2D eigenvalue weighted by Gasteiger charge is 2.28. The van der Waals surface area contributed by atoms with Crippen LogP contribution < -0.4 is 0 Å². The molecule has 5 nitrogen and oxygen atoms in total. The highest BCUT2D eigenvalue weighted by molar-refractivity contribution is 7.97. The molecule has 0 radical (unpaired) electrons. The smallest absolute Gasteiger partial charge is 0.310 e. The molecule has 0 N–H and O–H groups in total. The van der Waals surface area contributed by atoms with E-state index in [0.29, 0.717) is 0 Å². The van der Waals surface area contributed by atoms with E-state index in [1.807, 2.05) is 0 Å². The Morgan fingerprint density at radius 3 is 1.53 bits per heavy atom. The van der Waals surface area contributed by atoms with Gasteiger partial charge in [0.05, 0.1) is 16.8 Å². The molecule has 0 aliphatic heterocycles. The lowest BCUT2D eigenvalue weighted by Crippen LogP contribution is -2.29. The maximum absolute atomic E-state index is 11.4. The van der Waals surface area contributed by atoms with Gasteiger partial charge in [-0.05, 0) is 56.2 Å². The van der Waals surface area contributed by atoms with E-state index < -0.39 is 21.5 Å². The molecule has 4 rings (SSSR count). The number of ether oxygens (including phenoxy) is 1. The van der Waals surface area contributed by atoms with E-state index in [-0.39, 0.29) is 16.8 Å². The van der Waals surface area contributed by atoms with Crippen LogP contribution in [0, 0.1) is 5.92 Å². The molecule has 0 saturated heterocycles. The Balaban J connectivity index is 0.000000197. The Morgan fingerprint density at radius 1 is 0.794 bits per heavy atom. The van der Waals surface area contributed by atoms with Gasteiger partial charge >= 0.3 is 5.97 Å². The molecule has 0 spiro atoms. The second-order valence-electron chi connectivity index (χ2n) is 8.08. The van der Waals surface area contributed by atoms with Crippen LogP contribution in [0.25, 0.3) is 0 Å². The third kappa shape index (κ3) is 7.72. The number of hydrogen-bond acceptors (Lipinski definition) is 5. The van der Waals surface area contributed by atoms with Gasteiger partial charge in [-0.15, -0.1) is 0 Å². The minimum atomic E-state index is -4.53. The molecule has 0 amide bonds. The first-order chi connectivity index (χ1) is 16.4. The second kappa shape index (κ2) is 12.7. The summed E-state index contributed by atoms with van der Waals surface area (Å²) >= 11 is 0. The fraction of sp³-hybridized carbons (Fsp3) is 0.296. The zero-order valence-corrected chi connectivity index (χ0v) is 20.8. The maximum Gasteiger partial charge on any atom is 0.310 e. The lowest BCUT2D eigenvalue weighted by molar-refractivity contribution is -0.151. The fourth-order valence-electron chi connectivity index (χ4n) is 3.73. The molecule has 1 saturated carbocycles. The minimum absolute atomic E-state index is 0.0146. The number of rotatable bonds is 6. The quantitative estimate of drug-likeness (QED) is 0.244. The van der Waals surface area contributed by atoms with Crippen LogP contribution in [0.15, 0.2) is 106 Å². The molecule has 180 valence electrons. The summed E-state index contributed by atoms with van der Waals surface area (Å²) in [5, 5.41) is 0. The fourth-order valence-corrected chi connectivity index (χ4v) is 6.05. The SMILES string of the molecule is CC(OC(=O)C1CCCCC1)S(=O)(=O)[O-].c1ccc([S+](c2ccccc2)c2ccccc2)cc1. The number of esters is 1. The van der Waals surface area contributed by atoms with Gasteiger partial charge in [0.15, 0.2) is 20.1 Å². The van der Waals surface area contributed by atoms with Crippen LogP contribution in [0.2, 0.25) is 0 Å². The Bertz CT molecular complexity index is 1020. The normalized spacial score (nSPS) is 15.1. The van der Waals surface area contributed by atoms with Gasteiger partial charge in [-0.2, -0.15) is 0 Å². The molecule has 0 bridgehead atoms. The molecule has 1 aliphatic carbocycles. The van der Waals surface area contributed by atoms with Crippen LogP contribution in [0.1, 0.15) is 39.0 Å². The zero-order valence-electron chi connectivity index (χ0n) is 19.2. The van der Waals surface area contributed by atoms with E-state index in [2.05, 4.69) is 95.7 Å². The average molecular weight is 499 g/mol. The largest absolute Gasteiger partial charge is 0.745 e. The van der Waals surface area contributed by atoms with Crippen LogP contribution in [0.3, 0.4) is 0 Å². The monoisotopic (exact) mass is 498 g/mol. The van der Waals surface area contributed by atoms with Crippen molar-refractivity contribution in [2.24, 2.45) is 5.92 Å². The van der Waals surface area contributed by atoms with Gasteiger partial charge in [-0.25, -0.2) is 8.42 Å². The predicted octanol–water partition coefficient (Wildman–Crippen LogP) is 5.78. The van der Waals surface area contributed by atoms with Gasteiger partial charge in [-0.1, -0.05) is 73.9 Å². The third-order valence-corrected chi connectivity index (χ3v) is 8.70. The Kier molecular flexibility index (Phi) is 9.74. The predicted molar refractivity (Wildman–Crippen MR) is 133 cm³/mol. The summed E-state index contributed by atoms with van der Waals surface area (Å²) in [5.41, 5.74) is -1.58. The minimum Gasteiger partial charge on any atom is -0.745 e. The highest BCUT2D eigenvalue weighted by Crippen LogP contribution is 2.30. The van der Waals surface area contributed by atoms with Crippen LogP contribution in [-0.2, 0) is 30.5 Å². The van der Waals surface area contributed by atoms with Crippen LogP contribution >= 0.6 is 0 Å². The molecule has 0 aromatic heterocycles. The standard InChI is InChI=1S/C18H15S.C9H16O5S/c1-4-10-16(11-5-1)19(17-12-6-2-7-13-17)18-14-8-3-9-15-18;1-7(15(11,12)13)14-9(10)8-5-3-2-4-6-8/h1-15H;7-8H,2-6H2,1H3,(H,11,12,13)/q+1;/p-1. The van der Waals surface area contributed by atoms with Crippen molar-refractivity contribution in [2.45, 2.75) is 59.2 Å². The first kappa shape index (κ1) is 26.0. The van der Waals surface area contributed by atoms with Gasteiger partial charge in [0, 0.05) is 0 Å². The molecule has 7 heteroatoms. The van der Waals surface area contributed by atoms with Crippen molar-refractivity contribution in [3.8, 4) is 0 Å². The molecular formula is C27H30O5S2. The Morgan fingerprint density at radius 2 is 1.18 bits per heavy atom. The summed E-state index contributed by atoms with van der Waals surface area (Å²) in [4.78, 5) is 15.5. The average Bonchev–Trinajstić information content (AvgIpc) is 2.86. The Labute approximate surface area is 205 Å². The van der Waals surface area contributed by atoms with Crippen molar-refractivity contribution in [3.63, 3.8) is 0 Å². The van der Waals surface area contributed by atoms with Gasteiger partial charge < -0.3 is 9.29 Å². The summed E-state index contributed by atoms with van der Waals surface area (Å²) < 4.78 is 36.2. The molecule has 3 aromatic rings. The lowest BCUT2D eigenvalue weighted by atomic mass is 9.89. The van der Waals surface area contributed by atoms with Crippen molar-refractivity contribution in [1.29, 1.82) is 0 Å². The van der Waals surface area contributed by atoms with E-state index in [1.165, 1.54) is 14.7 Å². The second-order valence-corrected chi connectivity index (χ2v) is 11.8. The number of carbonyl (C=O) groups excluding carboxylic acids is 1. The first-order valence-electron chi connectivity index (χ1n) is 11.4. The van der Waals surface area contributed by atoms with Crippen LogP contribution in [0.4, 0.5) is 0 Å². The van der Waals surface area contributed by atoms with E-state index in [9.17, 15) is 17.8 Å². The lowest BCUT2D eigenvalue weighted by Gasteiger charge is -2.23. The van der Waals surface area contributed by atoms with Crippen molar-refractivity contribution in [2.75, 3.05) is 0 Å². The maximum atomic E-state index is 11.4. The van der Waals surface area contributed by atoms with Crippen molar-refractivity contribution in [1.82, 2.24) is 0 Å². The molecule has 1 atom stereocenters. The summed E-state index contributed by atoms with van der Waals surface area (Å²) in [6.45, 7) is 1.09. The molecule has 1 unspecified atom stereocenters. The van der Waals surface area contributed by atoms with Gasteiger partial charge in [0.25, 0.3) is 0 Å². The van der Waals surface area contributed by atoms with Gasteiger partial charge in [-0.3, -0.25) is 4.79 Å². The van der Waals surface area contributed by atoms with E-state index in [4.69, 9.17) is 0 Å². The first-order valence-corrected chi connectivity index (χ1v) is 14.1. The molecule has 0 heterocycles. The van der Waals surface area contributed by atoms with Crippen molar-refractivity contribution >= 4 is 27.0 Å². The van der Waals surface area contributed by atoms with Crippen LogP contribution in [0.5, 0.6) is 0 Å². The van der Waals surface area contributed by atoms with E-state index >= 15 is 0 Å². The summed E-state index contributed by atoms with van der Waals surface area (Å²) in [6, 6.07) is 32.2. The van der Waals surface area contributed by atoms with Crippen molar-refractivity contribution in [3.05, 3.63) is 91.0 Å². The van der Waals surface area contributed by atoms with Gasteiger partial charge in [0.1, 0.15) is 10.1 Å². The molecule has 34 heavy (non-hydrogen) atoms. The highest BCUT2D eigenvalue weighted by atomic mass is 32.2. The van der Waals surface area contributed by atoms with Gasteiger partial charge in [0.2, 0.25) is 0 Å². The number of hydrogen-bond donors (Lipinski definition) is 0. The molecule has 1 aliphatic rings. The summed E-state index contributed by atoms with van der Waals surface area (Å²) in [5.74, 6) is -0.787. The number of carbonyl (C=O) groups is 1. The molecular weight excluding hydrogens is 468 g/mol. The van der Waals surface area contributed by atoms with Crippen molar-refractivity contribution < 1.29 is 22.5 Å². The summed E-state index contributed by atoms with van der Waals surface area (Å²) in [6.07, 6.45) is 4.46. The summed E-state index contributed by atoms with van der Waals surface area (Å²) in [7, 11) is -4.54. The third-order valence-electron chi connectivity index (χ3n) is 5.56. The van der Waals surface area contributed by atoms with E-state index in [0.717, 1.165) is 39.0 Å².